The van der Waals surface area contributed by atoms with Crippen molar-refractivity contribution in [1.29, 1.82) is 0 Å². The van der Waals surface area contributed by atoms with Crippen molar-refractivity contribution in [3.63, 3.8) is 0 Å². The van der Waals surface area contributed by atoms with Gasteiger partial charge in [0, 0.05) is 36.0 Å². The van der Waals surface area contributed by atoms with Gasteiger partial charge in [-0.2, -0.15) is 13.9 Å². The molecule has 2 fully saturated rings. The quantitative estimate of drug-likeness (QED) is 0.822. The first-order valence-electron chi connectivity index (χ1n) is 9.50. The Kier molecular flexibility index (Phi) is 4.95. The molecule has 0 saturated carbocycles. The zero-order valence-electron chi connectivity index (χ0n) is 15.4. The van der Waals surface area contributed by atoms with Crippen LogP contribution in [0.3, 0.4) is 0 Å². The fraction of sp³-hybridized carbons (Fsp3) is 0.500. The number of alkyl halides is 2. The fourth-order valence-electron chi connectivity index (χ4n) is 4.04. The Balaban J connectivity index is 1.46. The standard InChI is InChI=1S/C20H24F2N4O/c1-14-18(11-23-26(14)20(21)22)15-6-5-7-16(10-15)19(27)25-12-17(13-25)24-8-3-2-4-9-24/h5-7,10-11,17,20H,2-4,8-9,12-13H2,1H3. The van der Waals surface area contributed by atoms with Gasteiger partial charge in [-0.05, 0) is 50.6 Å². The Morgan fingerprint density at radius 3 is 2.59 bits per heavy atom. The van der Waals surface area contributed by atoms with Gasteiger partial charge in [0.1, 0.15) is 0 Å². The lowest BCUT2D eigenvalue weighted by molar-refractivity contribution is 0.0203. The maximum Gasteiger partial charge on any atom is 0.333 e. The number of carbonyl (C=O) groups is 1. The molecule has 0 spiro atoms. The number of amides is 1. The third kappa shape index (κ3) is 3.48. The van der Waals surface area contributed by atoms with E-state index in [1.165, 1.54) is 25.5 Å². The van der Waals surface area contributed by atoms with E-state index in [0.717, 1.165) is 31.7 Å². The second-order valence-corrected chi connectivity index (χ2v) is 7.41. The molecule has 7 heteroatoms. The molecule has 5 nitrogen and oxygen atoms in total. The minimum Gasteiger partial charge on any atom is -0.335 e. The summed E-state index contributed by atoms with van der Waals surface area (Å²) >= 11 is 0. The summed E-state index contributed by atoms with van der Waals surface area (Å²) < 4.78 is 26.6. The van der Waals surface area contributed by atoms with E-state index in [4.69, 9.17) is 0 Å². The molecule has 0 N–H and O–H groups in total. The Labute approximate surface area is 157 Å². The molecule has 2 aliphatic rings. The average molecular weight is 374 g/mol. The molecule has 2 aromatic rings. The van der Waals surface area contributed by atoms with Crippen LogP contribution in [-0.4, -0.2) is 57.7 Å². The van der Waals surface area contributed by atoms with Gasteiger partial charge in [0.15, 0.2) is 0 Å². The molecule has 3 heterocycles. The van der Waals surface area contributed by atoms with Crippen molar-refractivity contribution < 1.29 is 13.6 Å². The van der Waals surface area contributed by atoms with Gasteiger partial charge in [0.25, 0.3) is 5.91 Å². The van der Waals surface area contributed by atoms with Crippen LogP contribution in [0.5, 0.6) is 0 Å². The number of aromatic nitrogens is 2. The van der Waals surface area contributed by atoms with Gasteiger partial charge >= 0.3 is 6.55 Å². The number of likely N-dealkylation sites (tertiary alicyclic amines) is 2. The lowest BCUT2D eigenvalue weighted by atomic mass is 9.99. The number of nitrogens with zero attached hydrogens (tertiary/aromatic N) is 4. The van der Waals surface area contributed by atoms with Crippen LogP contribution in [0.25, 0.3) is 11.1 Å². The van der Waals surface area contributed by atoms with Gasteiger partial charge in [-0.15, -0.1) is 0 Å². The van der Waals surface area contributed by atoms with Crippen molar-refractivity contribution in [1.82, 2.24) is 19.6 Å². The molecule has 0 bridgehead atoms. The number of piperidine rings is 1. The van der Waals surface area contributed by atoms with E-state index in [2.05, 4.69) is 10.00 Å². The van der Waals surface area contributed by atoms with Crippen molar-refractivity contribution in [2.75, 3.05) is 26.2 Å². The van der Waals surface area contributed by atoms with Crippen molar-refractivity contribution >= 4 is 5.91 Å². The number of benzene rings is 1. The van der Waals surface area contributed by atoms with Crippen LogP contribution in [0.4, 0.5) is 8.78 Å². The molecule has 4 rings (SSSR count). The Bertz CT molecular complexity index is 823. The molecule has 27 heavy (non-hydrogen) atoms. The van der Waals surface area contributed by atoms with Crippen LogP contribution in [0, 0.1) is 6.92 Å². The van der Waals surface area contributed by atoms with Crippen molar-refractivity contribution in [2.45, 2.75) is 38.8 Å². The van der Waals surface area contributed by atoms with Crippen LogP contribution < -0.4 is 0 Å². The van der Waals surface area contributed by atoms with Gasteiger partial charge in [-0.1, -0.05) is 18.6 Å². The smallest absolute Gasteiger partial charge is 0.333 e. The second kappa shape index (κ2) is 7.38. The normalized spacial score (nSPS) is 18.7. The van der Waals surface area contributed by atoms with Gasteiger partial charge in [0.2, 0.25) is 0 Å². The van der Waals surface area contributed by atoms with Crippen LogP contribution >= 0.6 is 0 Å². The predicted molar refractivity (Wildman–Crippen MR) is 98.8 cm³/mol. The average Bonchev–Trinajstić information content (AvgIpc) is 3.03. The SMILES string of the molecule is Cc1c(-c2cccc(C(=O)N3CC(N4CCCCC4)C3)c2)cnn1C(F)F. The van der Waals surface area contributed by atoms with E-state index >= 15 is 0 Å². The molecule has 1 aromatic carbocycles. The summed E-state index contributed by atoms with van der Waals surface area (Å²) in [4.78, 5) is 17.2. The molecule has 2 saturated heterocycles. The van der Waals surface area contributed by atoms with E-state index < -0.39 is 6.55 Å². The molecule has 1 amide bonds. The minimum absolute atomic E-state index is 0.00372. The highest BCUT2D eigenvalue weighted by atomic mass is 19.3. The summed E-state index contributed by atoms with van der Waals surface area (Å²) in [6, 6.07) is 7.65. The first-order chi connectivity index (χ1) is 13.0. The monoisotopic (exact) mass is 374 g/mol. The highest BCUT2D eigenvalue weighted by Gasteiger charge is 2.35. The summed E-state index contributed by atoms with van der Waals surface area (Å²) in [5.41, 5.74) is 2.34. The number of hydrogen-bond donors (Lipinski definition) is 0. The lowest BCUT2D eigenvalue weighted by Crippen LogP contribution is -2.61. The lowest BCUT2D eigenvalue weighted by Gasteiger charge is -2.46. The fourth-order valence-corrected chi connectivity index (χ4v) is 4.04. The number of rotatable bonds is 4. The summed E-state index contributed by atoms with van der Waals surface area (Å²) in [5.74, 6) is 0.00372. The molecule has 0 aliphatic carbocycles. The summed E-state index contributed by atoms with van der Waals surface area (Å²) in [7, 11) is 0. The molecular formula is C20H24F2N4O. The van der Waals surface area contributed by atoms with Crippen molar-refractivity contribution in [2.24, 2.45) is 0 Å². The molecule has 1 aromatic heterocycles. The molecular weight excluding hydrogens is 350 g/mol. The number of carbonyl (C=O) groups excluding carboxylic acids is 1. The van der Waals surface area contributed by atoms with Crippen molar-refractivity contribution in [3.05, 3.63) is 41.7 Å². The zero-order valence-corrected chi connectivity index (χ0v) is 15.4. The molecule has 0 unspecified atom stereocenters. The third-order valence-corrected chi connectivity index (χ3v) is 5.71. The summed E-state index contributed by atoms with van der Waals surface area (Å²) in [5, 5.41) is 3.76. The third-order valence-electron chi connectivity index (χ3n) is 5.71. The maximum absolute atomic E-state index is 12.9. The molecule has 0 radical (unpaired) electrons. The van der Waals surface area contributed by atoms with E-state index in [1.54, 1.807) is 25.1 Å². The highest BCUT2D eigenvalue weighted by molar-refractivity contribution is 5.96. The van der Waals surface area contributed by atoms with E-state index in [1.807, 2.05) is 11.0 Å². The Morgan fingerprint density at radius 1 is 1.19 bits per heavy atom. The molecule has 144 valence electrons. The van der Waals surface area contributed by atoms with Crippen LogP contribution in [0.15, 0.2) is 30.5 Å². The van der Waals surface area contributed by atoms with Gasteiger partial charge < -0.3 is 4.90 Å². The number of halogens is 2. The predicted octanol–water partition coefficient (Wildman–Crippen LogP) is 3.56. The van der Waals surface area contributed by atoms with Gasteiger partial charge in [-0.3, -0.25) is 9.69 Å². The largest absolute Gasteiger partial charge is 0.335 e. The maximum atomic E-state index is 12.9. The highest BCUT2D eigenvalue weighted by Crippen LogP contribution is 2.28. The van der Waals surface area contributed by atoms with Crippen LogP contribution in [0.1, 0.15) is 41.9 Å². The van der Waals surface area contributed by atoms with Gasteiger partial charge in [0.05, 0.1) is 6.20 Å². The summed E-state index contributed by atoms with van der Waals surface area (Å²) in [6.45, 7) is 2.75. The molecule has 2 aliphatic heterocycles. The van der Waals surface area contributed by atoms with E-state index in [0.29, 0.717) is 27.5 Å². The minimum atomic E-state index is -2.67. The second-order valence-electron chi connectivity index (χ2n) is 7.41. The summed E-state index contributed by atoms with van der Waals surface area (Å²) in [6.07, 6.45) is 5.23. The van der Waals surface area contributed by atoms with E-state index in [-0.39, 0.29) is 5.91 Å². The first-order valence-corrected chi connectivity index (χ1v) is 9.50. The van der Waals surface area contributed by atoms with E-state index in [9.17, 15) is 13.6 Å². The molecule has 0 atom stereocenters. The van der Waals surface area contributed by atoms with Crippen LogP contribution in [-0.2, 0) is 0 Å². The Morgan fingerprint density at radius 2 is 1.93 bits per heavy atom. The topological polar surface area (TPSA) is 41.4 Å². The Hall–Kier alpha value is -2.28. The van der Waals surface area contributed by atoms with Crippen molar-refractivity contribution in [3.8, 4) is 11.1 Å². The zero-order chi connectivity index (χ0) is 19.0. The number of hydrogen-bond acceptors (Lipinski definition) is 3. The van der Waals surface area contributed by atoms with Gasteiger partial charge in [-0.25, -0.2) is 4.68 Å². The van der Waals surface area contributed by atoms with Crippen LogP contribution in [0.2, 0.25) is 0 Å². The first kappa shape index (κ1) is 18.1.